The van der Waals surface area contributed by atoms with Gasteiger partial charge in [0.15, 0.2) is 23.4 Å². The summed E-state index contributed by atoms with van der Waals surface area (Å²) < 4.78 is 15.2. The number of carbonyl (C=O) groups excluding carboxylic acids is 2. The summed E-state index contributed by atoms with van der Waals surface area (Å²) in [6, 6.07) is 3.09. The normalized spacial score (nSPS) is 21.4. The minimum atomic E-state index is -1.20. The highest BCUT2D eigenvalue weighted by Crippen LogP contribution is 2.40. The molecule has 2 rings (SSSR count). The molecule has 1 aromatic rings. The Balaban J connectivity index is 2.61. The van der Waals surface area contributed by atoms with Gasteiger partial charge in [-0.05, 0) is 13.0 Å². The molecule has 1 aliphatic heterocycles. The van der Waals surface area contributed by atoms with E-state index in [0.717, 1.165) is 0 Å². The zero-order valence-corrected chi connectivity index (χ0v) is 10.8. The molecule has 0 aromatic heterocycles. The minimum Gasteiger partial charge on any atom is -0.493 e. The number of aliphatic hydroxyl groups excluding tert-OH is 1. The van der Waals surface area contributed by atoms with Crippen LogP contribution in [0.1, 0.15) is 28.9 Å². The lowest BCUT2D eigenvalue weighted by molar-refractivity contribution is -0.132. The van der Waals surface area contributed by atoms with Crippen LogP contribution in [0.2, 0.25) is 0 Å². The van der Waals surface area contributed by atoms with Crippen molar-refractivity contribution in [2.24, 2.45) is 0 Å². The van der Waals surface area contributed by atoms with Crippen molar-refractivity contribution >= 4 is 11.8 Å². The van der Waals surface area contributed by atoms with Crippen molar-refractivity contribution in [3.63, 3.8) is 0 Å². The fourth-order valence-corrected chi connectivity index (χ4v) is 2.11. The van der Waals surface area contributed by atoms with Gasteiger partial charge in [0.05, 0.1) is 14.2 Å². The van der Waals surface area contributed by atoms with Crippen LogP contribution in [0, 0.1) is 0 Å². The van der Waals surface area contributed by atoms with E-state index in [2.05, 4.69) is 0 Å². The van der Waals surface area contributed by atoms with Crippen LogP contribution >= 0.6 is 0 Å². The first-order chi connectivity index (χ1) is 9.01. The second-order valence-corrected chi connectivity index (χ2v) is 4.15. The quantitative estimate of drug-likeness (QED) is 0.817. The van der Waals surface area contributed by atoms with E-state index >= 15 is 0 Å². The molecule has 6 nitrogen and oxygen atoms in total. The Morgan fingerprint density at radius 2 is 2.00 bits per heavy atom. The third kappa shape index (κ3) is 2.04. The molecular formula is C13H14O6. The monoisotopic (exact) mass is 266 g/mol. The van der Waals surface area contributed by atoms with E-state index in [1.807, 2.05) is 0 Å². The number of hydrogen-bond acceptors (Lipinski definition) is 6. The smallest absolute Gasteiger partial charge is 0.343 e. The summed E-state index contributed by atoms with van der Waals surface area (Å²) in [5.74, 6) is -0.588. The molecule has 0 saturated heterocycles. The highest BCUT2D eigenvalue weighted by Gasteiger charge is 2.40. The number of ketones is 1. The number of rotatable bonds is 3. The van der Waals surface area contributed by atoms with Crippen molar-refractivity contribution < 1.29 is 28.9 Å². The van der Waals surface area contributed by atoms with Crippen LogP contribution in [0.3, 0.4) is 0 Å². The van der Waals surface area contributed by atoms with Crippen molar-refractivity contribution in [3.8, 4) is 11.5 Å². The molecule has 0 fully saturated rings. The Morgan fingerprint density at radius 3 is 2.53 bits per heavy atom. The van der Waals surface area contributed by atoms with Gasteiger partial charge in [-0.1, -0.05) is 6.07 Å². The average molecular weight is 266 g/mol. The van der Waals surface area contributed by atoms with Crippen LogP contribution in [0.25, 0.3) is 0 Å². The van der Waals surface area contributed by atoms with Gasteiger partial charge in [0, 0.05) is 5.56 Å². The van der Waals surface area contributed by atoms with Gasteiger partial charge in [0.25, 0.3) is 0 Å². The molecule has 1 N–H and O–H groups in total. The van der Waals surface area contributed by atoms with Gasteiger partial charge in [0.1, 0.15) is 11.7 Å². The van der Waals surface area contributed by atoms with E-state index in [4.69, 9.17) is 14.2 Å². The van der Waals surface area contributed by atoms with Crippen LogP contribution in [0.5, 0.6) is 11.5 Å². The fraction of sp³-hybridized carbons (Fsp3) is 0.385. The van der Waals surface area contributed by atoms with Crippen LogP contribution in [0.15, 0.2) is 12.1 Å². The summed E-state index contributed by atoms with van der Waals surface area (Å²) in [7, 11) is 2.82. The number of hydrogen-bond donors (Lipinski definition) is 1. The average Bonchev–Trinajstić information content (AvgIpc) is 2.40. The fourth-order valence-electron chi connectivity index (χ4n) is 2.11. The van der Waals surface area contributed by atoms with Crippen molar-refractivity contribution in [2.75, 3.05) is 14.2 Å². The Kier molecular flexibility index (Phi) is 3.44. The van der Waals surface area contributed by atoms with Crippen LogP contribution < -0.4 is 9.47 Å². The van der Waals surface area contributed by atoms with Gasteiger partial charge in [0.2, 0.25) is 0 Å². The van der Waals surface area contributed by atoms with Crippen molar-refractivity contribution in [3.05, 3.63) is 23.3 Å². The van der Waals surface area contributed by atoms with E-state index in [9.17, 15) is 14.7 Å². The molecule has 102 valence electrons. The summed E-state index contributed by atoms with van der Waals surface area (Å²) in [5.41, 5.74) is 0.390. The Labute approximate surface area is 109 Å². The first-order valence-corrected chi connectivity index (χ1v) is 5.65. The second-order valence-electron chi connectivity index (χ2n) is 4.15. The molecule has 0 aliphatic carbocycles. The van der Waals surface area contributed by atoms with E-state index in [1.54, 1.807) is 6.07 Å². The lowest BCUT2D eigenvalue weighted by Crippen LogP contribution is -2.37. The zero-order chi connectivity index (χ0) is 14.2. The summed E-state index contributed by atoms with van der Waals surface area (Å²) in [6.45, 7) is 1.26. The molecule has 2 atom stereocenters. The number of Topliss-reactive ketones (excluding diaryl/α,β-unsaturated/α-hetero) is 1. The van der Waals surface area contributed by atoms with Crippen LogP contribution in [0.4, 0.5) is 0 Å². The SMILES string of the molecule is COc1ccc2c(c1OC)C(=O)O[C@@H](C(C)=O)[C@@H]2O. The summed E-state index contributed by atoms with van der Waals surface area (Å²) in [6.07, 6.45) is -2.39. The second kappa shape index (κ2) is 4.89. The van der Waals surface area contributed by atoms with E-state index in [1.165, 1.54) is 27.2 Å². The van der Waals surface area contributed by atoms with Gasteiger partial charge < -0.3 is 19.3 Å². The van der Waals surface area contributed by atoms with Gasteiger partial charge >= 0.3 is 5.97 Å². The standard InChI is InChI=1S/C13H14O6/c1-6(14)11-10(15)7-4-5-8(17-2)12(18-3)9(7)13(16)19-11/h4-5,10-11,15H,1-3H3/t10-,11+/m1/s1. The third-order valence-corrected chi connectivity index (χ3v) is 3.02. The largest absolute Gasteiger partial charge is 0.493 e. The molecule has 1 aliphatic rings. The van der Waals surface area contributed by atoms with E-state index in [0.29, 0.717) is 11.3 Å². The first kappa shape index (κ1) is 13.4. The number of methoxy groups -OCH3 is 2. The minimum absolute atomic E-state index is 0.0897. The zero-order valence-electron chi connectivity index (χ0n) is 10.8. The van der Waals surface area contributed by atoms with Crippen molar-refractivity contribution in [2.45, 2.75) is 19.1 Å². The molecule has 0 saturated carbocycles. The molecular weight excluding hydrogens is 252 g/mol. The summed E-state index contributed by atoms with van der Waals surface area (Å²) in [4.78, 5) is 23.3. The summed E-state index contributed by atoms with van der Waals surface area (Å²) in [5, 5.41) is 10.1. The lowest BCUT2D eigenvalue weighted by Gasteiger charge is -2.29. The number of aliphatic hydroxyl groups is 1. The van der Waals surface area contributed by atoms with E-state index < -0.39 is 24.0 Å². The maximum atomic E-state index is 12.0. The van der Waals surface area contributed by atoms with Crippen molar-refractivity contribution in [1.29, 1.82) is 0 Å². The maximum absolute atomic E-state index is 12.0. The first-order valence-electron chi connectivity index (χ1n) is 5.65. The predicted octanol–water partition coefficient (Wildman–Crippen LogP) is 0.865. The van der Waals surface area contributed by atoms with Gasteiger partial charge in [-0.2, -0.15) is 0 Å². The number of carbonyl (C=O) groups is 2. The lowest BCUT2D eigenvalue weighted by atomic mass is 9.93. The van der Waals surface area contributed by atoms with Gasteiger partial charge in [-0.25, -0.2) is 4.79 Å². The number of esters is 1. The molecule has 1 aromatic carbocycles. The Morgan fingerprint density at radius 1 is 1.32 bits per heavy atom. The molecule has 0 unspecified atom stereocenters. The molecule has 0 bridgehead atoms. The number of cyclic esters (lactones) is 1. The highest BCUT2D eigenvalue weighted by molar-refractivity contribution is 5.99. The van der Waals surface area contributed by atoms with Gasteiger partial charge in [-0.15, -0.1) is 0 Å². The van der Waals surface area contributed by atoms with E-state index in [-0.39, 0.29) is 11.3 Å². The number of ether oxygens (including phenoxy) is 3. The molecule has 19 heavy (non-hydrogen) atoms. The van der Waals surface area contributed by atoms with Crippen LogP contribution in [-0.4, -0.2) is 37.2 Å². The maximum Gasteiger partial charge on any atom is 0.343 e. The summed E-state index contributed by atoms with van der Waals surface area (Å²) >= 11 is 0. The molecule has 1 heterocycles. The topological polar surface area (TPSA) is 82.1 Å². The molecule has 0 spiro atoms. The number of fused-ring (bicyclic) bond motifs is 1. The predicted molar refractivity (Wildman–Crippen MR) is 64.4 cm³/mol. The van der Waals surface area contributed by atoms with Gasteiger partial charge in [-0.3, -0.25) is 4.79 Å². The molecule has 0 radical (unpaired) electrons. The number of benzene rings is 1. The van der Waals surface area contributed by atoms with Crippen molar-refractivity contribution in [1.82, 2.24) is 0 Å². The Hall–Kier alpha value is -2.08. The molecule has 6 heteroatoms. The van der Waals surface area contributed by atoms with Crippen LogP contribution in [-0.2, 0) is 9.53 Å². The third-order valence-electron chi connectivity index (χ3n) is 3.02. The highest BCUT2D eigenvalue weighted by atomic mass is 16.6. The Bertz CT molecular complexity index is 536. The molecule has 0 amide bonds.